The summed E-state index contributed by atoms with van der Waals surface area (Å²) >= 11 is 0. The number of nitrogens with two attached hydrogens (primary N) is 1. The largest absolute Gasteiger partial charge is 0.351 e. The highest BCUT2D eigenvalue weighted by Gasteiger charge is 2.25. The molecule has 0 radical (unpaired) electrons. The monoisotopic (exact) mass is 365 g/mol. The van der Waals surface area contributed by atoms with Gasteiger partial charge in [0.2, 0.25) is 10.0 Å². The number of anilines is 1. The van der Waals surface area contributed by atoms with E-state index in [1.54, 1.807) is 42.8 Å². The third-order valence-electron chi connectivity index (χ3n) is 3.68. The molecule has 0 aliphatic carbocycles. The van der Waals surface area contributed by atoms with Crippen LogP contribution in [0.15, 0.2) is 29.2 Å². The quantitative estimate of drug-likeness (QED) is 0.726. The van der Waals surface area contributed by atoms with Crippen LogP contribution in [0.1, 0.15) is 36.8 Å². The molecule has 136 valence electrons. The number of carbonyl (C=O) groups is 1. The van der Waals surface area contributed by atoms with Crippen molar-refractivity contribution < 1.29 is 13.2 Å². The first-order valence-electron chi connectivity index (χ1n) is 7.82. The van der Waals surface area contributed by atoms with Crippen molar-refractivity contribution in [2.24, 2.45) is 5.73 Å². The second-order valence-corrected chi connectivity index (χ2v) is 7.76. The number of carbonyl (C=O) groups excluding carboxylic acids is 1. The van der Waals surface area contributed by atoms with Crippen molar-refractivity contribution >= 4 is 21.7 Å². The van der Waals surface area contributed by atoms with Gasteiger partial charge in [-0.2, -0.15) is 5.10 Å². The molecule has 1 heterocycles. The summed E-state index contributed by atoms with van der Waals surface area (Å²) in [6.07, 6.45) is 0. The van der Waals surface area contributed by atoms with Gasteiger partial charge in [-0.3, -0.25) is 4.68 Å². The number of nitrogens with zero attached hydrogens (tertiary/aromatic N) is 2. The van der Waals surface area contributed by atoms with Crippen LogP contribution in [0.25, 0.3) is 0 Å². The van der Waals surface area contributed by atoms with Gasteiger partial charge in [0.1, 0.15) is 4.90 Å². The van der Waals surface area contributed by atoms with E-state index in [-0.39, 0.29) is 17.5 Å². The van der Waals surface area contributed by atoms with Gasteiger partial charge in [-0.05, 0) is 45.4 Å². The van der Waals surface area contributed by atoms with Gasteiger partial charge in [-0.1, -0.05) is 12.1 Å². The lowest BCUT2D eigenvalue weighted by Gasteiger charge is -2.10. The molecule has 2 rings (SSSR count). The minimum Gasteiger partial charge on any atom is -0.351 e. The summed E-state index contributed by atoms with van der Waals surface area (Å²) < 4.78 is 29.7. The summed E-state index contributed by atoms with van der Waals surface area (Å²) in [4.78, 5) is 11.1. The fourth-order valence-corrected chi connectivity index (χ4v) is 4.10. The fourth-order valence-electron chi connectivity index (χ4n) is 2.69. The van der Waals surface area contributed by atoms with Crippen molar-refractivity contribution in [1.82, 2.24) is 14.5 Å². The standard InChI is InChI=1S/C16H23N5O3S/c1-10(2)21-12(4)15(11(3)20-21)25(23,24)18-9-13-6-5-7-14(8-13)19-16(17)22/h5-8,10,18H,9H2,1-4H3,(H3,17,19,22). The van der Waals surface area contributed by atoms with Gasteiger partial charge in [0.25, 0.3) is 0 Å². The first-order chi connectivity index (χ1) is 11.6. The molecule has 0 atom stereocenters. The minimum atomic E-state index is -3.71. The van der Waals surface area contributed by atoms with Crippen molar-refractivity contribution in [3.05, 3.63) is 41.2 Å². The molecule has 0 saturated carbocycles. The number of urea groups is 1. The van der Waals surface area contributed by atoms with Gasteiger partial charge < -0.3 is 11.1 Å². The van der Waals surface area contributed by atoms with Crippen LogP contribution in [-0.2, 0) is 16.6 Å². The van der Waals surface area contributed by atoms with Crippen molar-refractivity contribution in [3.8, 4) is 0 Å². The molecular formula is C16H23N5O3S. The van der Waals surface area contributed by atoms with Crippen LogP contribution in [0.2, 0.25) is 0 Å². The Morgan fingerprint density at radius 1 is 1.32 bits per heavy atom. The third kappa shape index (κ3) is 4.37. The topological polar surface area (TPSA) is 119 Å². The smallest absolute Gasteiger partial charge is 0.316 e. The van der Waals surface area contributed by atoms with E-state index >= 15 is 0 Å². The average molecular weight is 365 g/mol. The number of aromatic nitrogens is 2. The molecule has 0 fully saturated rings. The molecule has 0 saturated heterocycles. The van der Waals surface area contributed by atoms with Gasteiger partial charge >= 0.3 is 6.03 Å². The highest BCUT2D eigenvalue weighted by Crippen LogP contribution is 2.22. The molecule has 25 heavy (non-hydrogen) atoms. The SMILES string of the molecule is Cc1nn(C(C)C)c(C)c1S(=O)(=O)NCc1cccc(NC(N)=O)c1. The Labute approximate surface area is 147 Å². The maximum atomic E-state index is 12.7. The summed E-state index contributed by atoms with van der Waals surface area (Å²) in [6.45, 7) is 7.40. The Balaban J connectivity index is 2.22. The second kappa shape index (κ2) is 7.24. The number of amides is 2. The highest BCUT2D eigenvalue weighted by atomic mass is 32.2. The Morgan fingerprint density at radius 2 is 2.00 bits per heavy atom. The van der Waals surface area contributed by atoms with Crippen LogP contribution >= 0.6 is 0 Å². The van der Waals surface area contributed by atoms with Crippen LogP contribution in [0, 0.1) is 13.8 Å². The van der Waals surface area contributed by atoms with Crippen molar-refractivity contribution in [1.29, 1.82) is 0 Å². The maximum Gasteiger partial charge on any atom is 0.316 e. The van der Waals surface area contributed by atoms with Gasteiger partial charge in [-0.25, -0.2) is 17.9 Å². The van der Waals surface area contributed by atoms with Crippen LogP contribution in [0.4, 0.5) is 10.5 Å². The molecule has 0 unspecified atom stereocenters. The predicted molar refractivity (Wildman–Crippen MR) is 95.8 cm³/mol. The zero-order valence-electron chi connectivity index (χ0n) is 14.7. The summed E-state index contributed by atoms with van der Waals surface area (Å²) in [6, 6.07) is 6.19. The Hall–Kier alpha value is -2.39. The van der Waals surface area contributed by atoms with E-state index in [9.17, 15) is 13.2 Å². The molecule has 2 aromatic rings. The predicted octanol–water partition coefficient (Wildman–Crippen LogP) is 2.05. The normalized spacial score (nSPS) is 11.7. The first-order valence-corrected chi connectivity index (χ1v) is 9.31. The number of benzene rings is 1. The number of primary amides is 1. The fraction of sp³-hybridized carbons (Fsp3) is 0.375. The summed E-state index contributed by atoms with van der Waals surface area (Å²) in [7, 11) is -3.71. The van der Waals surface area contributed by atoms with E-state index in [1.165, 1.54) is 0 Å². The van der Waals surface area contributed by atoms with Crippen LogP contribution in [0.3, 0.4) is 0 Å². The molecule has 0 spiro atoms. The minimum absolute atomic E-state index is 0.0687. The van der Waals surface area contributed by atoms with Crippen LogP contribution in [0.5, 0.6) is 0 Å². The molecule has 8 nitrogen and oxygen atoms in total. The number of aryl methyl sites for hydroxylation is 1. The van der Waals surface area contributed by atoms with E-state index in [1.807, 2.05) is 13.8 Å². The highest BCUT2D eigenvalue weighted by molar-refractivity contribution is 7.89. The van der Waals surface area contributed by atoms with E-state index in [0.717, 1.165) is 0 Å². The zero-order valence-corrected chi connectivity index (χ0v) is 15.5. The lowest BCUT2D eigenvalue weighted by molar-refractivity contribution is 0.259. The second-order valence-electron chi connectivity index (χ2n) is 6.05. The summed E-state index contributed by atoms with van der Waals surface area (Å²) in [5, 5.41) is 6.77. The van der Waals surface area contributed by atoms with Gasteiger partial charge in [0.15, 0.2) is 0 Å². The number of rotatable bonds is 6. The van der Waals surface area contributed by atoms with Crippen molar-refractivity contribution in [2.75, 3.05) is 5.32 Å². The average Bonchev–Trinajstić information content (AvgIpc) is 2.81. The van der Waals surface area contributed by atoms with Crippen molar-refractivity contribution in [3.63, 3.8) is 0 Å². The lowest BCUT2D eigenvalue weighted by Crippen LogP contribution is -2.24. The van der Waals surface area contributed by atoms with Crippen LogP contribution in [-0.4, -0.2) is 24.2 Å². The number of nitrogens with one attached hydrogen (secondary N) is 2. The van der Waals surface area contributed by atoms with Gasteiger partial charge in [-0.15, -0.1) is 0 Å². The first kappa shape index (κ1) is 18.9. The zero-order chi connectivity index (χ0) is 18.8. The van der Waals surface area contributed by atoms with E-state index in [2.05, 4.69) is 15.1 Å². The molecular weight excluding hydrogens is 342 g/mol. The molecule has 9 heteroatoms. The Morgan fingerprint density at radius 3 is 2.56 bits per heavy atom. The number of hydrogen-bond acceptors (Lipinski definition) is 4. The van der Waals surface area contributed by atoms with Gasteiger partial charge in [0, 0.05) is 18.3 Å². The molecule has 1 aromatic heterocycles. The van der Waals surface area contributed by atoms with Crippen LogP contribution < -0.4 is 15.8 Å². The van der Waals surface area contributed by atoms with Gasteiger partial charge in [0.05, 0.1) is 11.4 Å². The molecule has 1 aromatic carbocycles. The molecule has 4 N–H and O–H groups in total. The van der Waals surface area contributed by atoms with E-state index in [0.29, 0.717) is 22.6 Å². The molecule has 0 aliphatic heterocycles. The maximum absolute atomic E-state index is 12.7. The molecule has 2 amide bonds. The molecule has 0 aliphatic rings. The summed E-state index contributed by atoms with van der Waals surface area (Å²) in [5.74, 6) is 0. The third-order valence-corrected chi connectivity index (χ3v) is 5.33. The molecule has 0 bridgehead atoms. The van der Waals surface area contributed by atoms with E-state index < -0.39 is 16.1 Å². The Kier molecular flexibility index (Phi) is 5.48. The lowest BCUT2D eigenvalue weighted by atomic mass is 10.2. The summed E-state index contributed by atoms with van der Waals surface area (Å²) in [5.41, 5.74) is 7.34. The number of sulfonamides is 1. The van der Waals surface area contributed by atoms with Crippen molar-refractivity contribution in [2.45, 2.75) is 45.2 Å². The Bertz CT molecular complexity index is 887. The van der Waals surface area contributed by atoms with E-state index in [4.69, 9.17) is 5.73 Å². The number of hydrogen-bond donors (Lipinski definition) is 3.